The average molecular weight is 486 g/mol. The number of rotatable bonds is 8. The maximum absolute atomic E-state index is 12.8. The third-order valence-corrected chi connectivity index (χ3v) is 6.54. The molecule has 1 aromatic heterocycles. The second kappa shape index (κ2) is 11.1. The molecule has 0 saturated carbocycles. The molecule has 0 spiro atoms. The molecule has 10 heteroatoms. The third kappa shape index (κ3) is 6.00. The van der Waals surface area contributed by atoms with Crippen LogP contribution in [0.15, 0.2) is 52.4 Å². The van der Waals surface area contributed by atoms with Gasteiger partial charge in [-0.1, -0.05) is 61.5 Å². The maximum Gasteiger partial charge on any atom is 0.278 e. The molecule has 33 heavy (non-hydrogen) atoms. The van der Waals surface area contributed by atoms with Crippen LogP contribution in [0, 0.1) is 6.92 Å². The summed E-state index contributed by atoms with van der Waals surface area (Å²) in [6.07, 6.45) is 0.814. The molecule has 3 aromatic rings. The van der Waals surface area contributed by atoms with Gasteiger partial charge in [0, 0.05) is 22.7 Å². The number of hydrogen-bond acceptors (Lipinski definition) is 6. The van der Waals surface area contributed by atoms with Crippen LogP contribution < -0.4 is 16.2 Å². The quantitative estimate of drug-likeness (QED) is 0.400. The minimum absolute atomic E-state index is 0.0819. The Balaban J connectivity index is 1.80. The number of amides is 2. The van der Waals surface area contributed by atoms with E-state index < -0.39 is 10.8 Å². The van der Waals surface area contributed by atoms with Gasteiger partial charge in [-0.2, -0.15) is 0 Å². The molecule has 1 atom stereocenters. The van der Waals surface area contributed by atoms with Crippen LogP contribution in [0.5, 0.6) is 0 Å². The number of halogens is 1. The first-order valence-electron chi connectivity index (χ1n) is 10.4. The van der Waals surface area contributed by atoms with Crippen LogP contribution in [0.3, 0.4) is 0 Å². The predicted octanol–water partition coefficient (Wildman–Crippen LogP) is 4.65. The molecule has 0 saturated heterocycles. The Kier molecular flexibility index (Phi) is 8.24. The molecule has 0 unspecified atom stereocenters. The molecule has 0 bridgehead atoms. The highest BCUT2D eigenvalue weighted by molar-refractivity contribution is 8.00. The first-order valence-corrected chi connectivity index (χ1v) is 11.7. The van der Waals surface area contributed by atoms with Crippen molar-refractivity contribution in [1.82, 2.24) is 15.2 Å². The summed E-state index contributed by atoms with van der Waals surface area (Å²) in [5, 5.41) is 14.1. The van der Waals surface area contributed by atoms with E-state index in [0.717, 1.165) is 17.3 Å². The summed E-state index contributed by atoms with van der Waals surface area (Å²) in [4.78, 5) is 40.1. The summed E-state index contributed by atoms with van der Waals surface area (Å²) in [7, 11) is 0. The number of benzene rings is 2. The topological polar surface area (TPSA) is 117 Å². The van der Waals surface area contributed by atoms with Crippen LogP contribution in [-0.2, 0) is 9.59 Å². The molecule has 2 aromatic carbocycles. The molecule has 0 aliphatic rings. The minimum atomic E-state index is -0.504. The van der Waals surface area contributed by atoms with Crippen molar-refractivity contribution in [2.24, 2.45) is 0 Å². The van der Waals surface area contributed by atoms with Gasteiger partial charge < -0.3 is 10.6 Å². The molecule has 0 radical (unpaired) electrons. The number of nitrogens with one attached hydrogen (secondary N) is 3. The second-order valence-corrected chi connectivity index (χ2v) is 8.77. The van der Waals surface area contributed by atoms with Crippen LogP contribution >= 0.6 is 23.4 Å². The minimum Gasteiger partial charge on any atom is -0.325 e. The molecular weight excluding hydrogens is 462 g/mol. The van der Waals surface area contributed by atoms with E-state index in [1.165, 1.54) is 0 Å². The Labute approximate surface area is 200 Å². The Morgan fingerprint density at radius 2 is 1.79 bits per heavy atom. The number of nitrogens with zero attached hydrogens (tertiary/aromatic N) is 2. The summed E-state index contributed by atoms with van der Waals surface area (Å²) < 4.78 is 0. The summed E-state index contributed by atoms with van der Waals surface area (Å²) in [6.45, 7) is 5.44. The van der Waals surface area contributed by atoms with Gasteiger partial charge in [-0.15, -0.1) is 10.2 Å². The molecule has 3 N–H and O–H groups in total. The third-order valence-electron chi connectivity index (χ3n) is 4.90. The number of aromatic amines is 1. The lowest BCUT2D eigenvalue weighted by Crippen LogP contribution is -2.26. The van der Waals surface area contributed by atoms with Gasteiger partial charge in [0.15, 0.2) is 10.9 Å². The van der Waals surface area contributed by atoms with Gasteiger partial charge in [-0.25, -0.2) is 0 Å². The largest absolute Gasteiger partial charge is 0.325 e. The first-order chi connectivity index (χ1) is 15.8. The summed E-state index contributed by atoms with van der Waals surface area (Å²) in [5.74, 6) is -0.405. The van der Waals surface area contributed by atoms with Crippen LogP contribution in [0.25, 0.3) is 11.3 Å². The van der Waals surface area contributed by atoms with Crippen LogP contribution in [0.4, 0.5) is 11.4 Å². The van der Waals surface area contributed by atoms with E-state index in [1.54, 1.807) is 49.4 Å². The predicted molar refractivity (Wildman–Crippen MR) is 132 cm³/mol. The van der Waals surface area contributed by atoms with Gasteiger partial charge >= 0.3 is 0 Å². The molecule has 3 rings (SSSR count). The zero-order valence-corrected chi connectivity index (χ0v) is 20.0. The molecule has 172 valence electrons. The van der Waals surface area contributed by atoms with E-state index in [4.69, 9.17) is 11.6 Å². The van der Waals surface area contributed by atoms with Crippen molar-refractivity contribution in [2.75, 3.05) is 10.6 Å². The Morgan fingerprint density at radius 3 is 2.48 bits per heavy atom. The van der Waals surface area contributed by atoms with E-state index in [0.29, 0.717) is 34.8 Å². The average Bonchev–Trinajstić information content (AvgIpc) is 2.81. The normalized spacial score (nSPS) is 11.6. The number of para-hydroxylation sites is 1. The van der Waals surface area contributed by atoms with E-state index >= 15 is 0 Å². The fourth-order valence-corrected chi connectivity index (χ4v) is 4.02. The number of carbonyl (C=O) groups is 2. The van der Waals surface area contributed by atoms with E-state index in [9.17, 15) is 14.4 Å². The number of anilines is 2. The van der Waals surface area contributed by atoms with Crippen LogP contribution in [0.1, 0.15) is 32.3 Å². The lowest BCUT2D eigenvalue weighted by molar-refractivity contribution is -0.116. The van der Waals surface area contributed by atoms with Crippen LogP contribution in [0.2, 0.25) is 5.02 Å². The number of aromatic nitrogens is 3. The zero-order valence-electron chi connectivity index (χ0n) is 18.4. The molecule has 0 fully saturated rings. The van der Waals surface area contributed by atoms with Gasteiger partial charge in [0.2, 0.25) is 11.8 Å². The van der Waals surface area contributed by atoms with Gasteiger partial charge in [-0.3, -0.25) is 19.4 Å². The van der Waals surface area contributed by atoms with Crippen LogP contribution in [-0.4, -0.2) is 32.2 Å². The van der Waals surface area contributed by atoms with Crippen molar-refractivity contribution in [3.05, 3.63) is 63.4 Å². The SMILES string of the molecule is CCC(=O)Nc1ccccc1-c1nnc(S[C@H](CC)C(=O)Nc2cccc(Cl)c2C)[nH]c1=O. The fourth-order valence-electron chi connectivity index (χ4n) is 3.00. The maximum atomic E-state index is 12.8. The van der Waals surface area contributed by atoms with Crippen molar-refractivity contribution in [2.45, 2.75) is 44.0 Å². The number of thioether (sulfide) groups is 1. The summed E-state index contributed by atoms with van der Waals surface area (Å²) in [6, 6.07) is 12.2. The second-order valence-electron chi connectivity index (χ2n) is 7.17. The highest BCUT2D eigenvalue weighted by atomic mass is 35.5. The summed E-state index contributed by atoms with van der Waals surface area (Å²) in [5.41, 5.74) is 1.97. The lowest BCUT2D eigenvalue weighted by Gasteiger charge is -2.15. The van der Waals surface area contributed by atoms with Gasteiger partial charge in [0.25, 0.3) is 5.56 Å². The van der Waals surface area contributed by atoms with E-state index in [1.807, 2.05) is 13.8 Å². The van der Waals surface area contributed by atoms with Crippen molar-refractivity contribution >= 4 is 46.6 Å². The van der Waals surface area contributed by atoms with Gasteiger partial charge in [0.05, 0.1) is 10.9 Å². The number of carbonyl (C=O) groups excluding carboxylic acids is 2. The molecule has 2 amide bonds. The van der Waals surface area contributed by atoms with Crippen molar-refractivity contribution in [3.8, 4) is 11.3 Å². The van der Waals surface area contributed by atoms with Gasteiger partial charge in [-0.05, 0) is 37.1 Å². The van der Waals surface area contributed by atoms with E-state index in [-0.39, 0.29) is 22.7 Å². The molecule has 0 aliphatic carbocycles. The molecular formula is C23H24ClN5O3S. The number of hydrogen-bond donors (Lipinski definition) is 3. The Hall–Kier alpha value is -3.17. The van der Waals surface area contributed by atoms with E-state index in [2.05, 4.69) is 25.8 Å². The first kappa shape index (κ1) is 24.5. The van der Waals surface area contributed by atoms with Crippen molar-refractivity contribution < 1.29 is 9.59 Å². The van der Waals surface area contributed by atoms with Crippen molar-refractivity contribution in [1.29, 1.82) is 0 Å². The molecule has 0 aliphatic heterocycles. The molecule has 8 nitrogen and oxygen atoms in total. The zero-order chi connectivity index (χ0) is 24.0. The Morgan fingerprint density at radius 1 is 1.06 bits per heavy atom. The van der Waals surface area contributed by atoms with Crippen molar-refractivity contribution in [3.63, 3.8) is 0 Å². The summed E-state index contributed by atoms with van der Waals surface area (Å²) >= 11 is 7.25. The Bertz CT molecular complexity index is 1230. The smallest absolute Gasteiger partial charge is 0.278 e. The molecule has 1 heterocycles. The standard InChI is InChI=1S/C23H24ClN5O3S/c1-4-18(21(31)26-16-12-8-10-15(24)13(16)3)33-23-27-22(32)20(28-29-23)14-9-6-7-11-17(14)25-19(30)5-2/h6-12,18H,4-5H2,1-3H3,(H,25,30)(H,26,31)(H,27,29,32)/t18-/m1/s1. The highest BCUT2D eigenvalue weighted by Crippen LogP contribution is 2.27. The fraction of sp³-hybridized carbons (Fsp3) is 0.261. The van der Waals surface area contributed by atoms with Gasteiger partial charge in [0.1, 0.15) is 0 Å². The highest BCUT2D eigenvalue weighted by Gasteiger charge is 2.21. The monoisotopic (exact) mass is 485 g/mol. The lowest BCUT2D eigenvalue weighted by atomic mass is 10.1. The number of H-pyrrole nitrogens is 1.